The Labute approximate surface area is 104 Å². The average molecular weight is 236 g/mol. The summed E-state index contributed by atoms with van der Waals surface area (Å²) in [4.78, 5) is 0. The number of nitrogens with one attached hydrogen (secondary N) is 1. The Morgan fingerprint density at radius 1 is 1.35 bits per heavy atom. The average Bonchev–Trinajstić information content (AvgIpc) is 2.85. The lowest BCUT2D eigenvalue weighted by Crippen LogP contribution is -2.49. The molecule has 1 aromatic heterocycles. The predicted molar refractivity (Wildman–Crippen MR) is 69.8 cm³/mol. The third-order valence-corrected chi connectivity index (χ3v) is 4.02. The van der Waals surface area contributed by atoms with Crippen LogP contribution in [0.2, 0.25) is 0 Å². The van der Waals surface area contributed by atoms with Gasteiger partial charge in [-0.1, -0.05) is 19.3 Å². The molecule has 1 aromatic rings. The lowest BCUT2D eigenvalue weighted by Gasteiger charge is -2.36. The number of hydrogen-bond donors (Lipinski definition) is 2. The molecule has 3 heteroatoms. The van der Waals surface area contributed by atoms with Crippen molar-refractivity contribution in [3.8, 4) is 0 Å². The molecule has 0 aliphatic heterocycles. The van der Waals surface area contributed by atoms with E-state index >= 15 is 0 Å². The van der Waals surface area contributed by atoms with Gasteiger partial charge in [0.15, 0.2) is 0 Å². The fourth-order valence-electron chi connectivity index (χ4n) is 2.82. The van der Waals surface area contributed by atoms with Gasteiger partial charge < -0.3 is 15.0 Å². The second-order valence-electron chi connectivity index (χ2n) is 5.14. The summed E-state index contributed by atoms with van der Waals surface area (Å²) >= 11 is 0. The van der Waals surface area contributed by atoms with Gasteiger partial charge in [-0.05, 0) is 31.9 Å². The molecule has 1 aliphatic rings. The number of hydrogen-bond acceptors (Lipinski definition) is 2. The van der Waals surface area contributed by atoms with E-state index in [0.29, 0.717) is 0 Å². The van der Waals surface area contributed by atoms with Crippen LogP contribution in [-0.4, -0.2) is 21.8 Å². The zero-order valence-corrected chi connectivity index (χ0v) is 10.8. The van der Waals surface area contributed by atoms with Crippen molar-refractivity contribution in [2.24, 2.45) is 0 Å². The highest BCUT2D eigenvalue weighted by atomic mass is 16.3. The second-order valence-corrected chi connectivity index (χ2v) is 5.14. The van der Waals surface area contributed by atoms with Gasteiger partial charge in [-0.3, -0.25) is 0 Å². The molecule has 0 saturated heterocycles. The van der Waals surface area contributed by atoms with Gasteiger partial charge in [0.25, 0.3) is 0 Å². The molecule has 1 aliphatic carbocycles. The van der Waals surface area contributed by atoms with Crippen molar-refractivity contribution < 1.29 is 5.11 Å². The Balaban J connectivity index is 1.95. The molecule has 0 unspecified atom stereocenters. The standard InChI is InChI=1S/C14H24N2O/c1-2-16-10-6-7-13(16)11-15-14(12-17)8-4-3-5-9-14/h6-7,10,15,17H,2-5,8-9,11-12H2,1H3. The molecule has 96 valence electrons. The summed E-state index contributed by atoms with van der Waals surface area (Å²) < 4.78 is 2.25. The summed E-state index contributed by atoms with van der Waals surface area (Å²) in [7, 11) is 0. The van der Waals surface area contributed by atoms with E-state index in [2.05, 4.69) is 35.1 Å². The Hall–Kier alpha value is -0.800. The van der Waals surface area contributed by atoms with Crippen molar-refractivity contribution >= 4 is 0 Å². The van der Waals surface area contributed by atoms with Gasteiger partial charge in [-0.2, -0.15) is 0 Å². The van der Waals surface area contributed by atoms with Crippen LogP contribution in [0.1, 0.15) is 44.7 Å². The fourth-order valence-corrected chi connectivity index (χ4v) is 2.82. The van der Waals surface area contributed by atoms with E-state index in [-0.39, 0.29) is 12.1 Å². The zero-order valence-electron chi connectivity index (χ0n) is 10.8. The summed E-state index contributed by atoms with van der Waals surface area (Å²) in [5, 5.41) is 13.2. The summed E-state index contributed by atoms with van der Waals surface area (Å²) in [6.07, 6.45) is 8.12. The third-order valence-electron chi connectivity index (χ3n) is 4.02. The molecule has 0 aromatic carbocycles. The van der Waals surface area contributed by atoms with Crippen LogP contribution in [0, 0.1) is 0 Å². The molecule has 17 heavy (non-hydrogen) atoms. The number of aliphatic hydroxyl groups excluding tert-OH is 1. The van der Waals surface area contributed by atoms with Gasteiger partial charge in [-0.15, -0.1) is 0 Å². The first-order valence-corrected chi connectivity index (χ1v) is 6.79. The van der Waals surface area contributed by atoms with E-state index in [1.54, 1.807) is 0 Å². The minimum absolute atomic E-state index is 0.0267. The zero-order chi connectivity index (χ0) is 12.1. The first-order chi connectivity index (χ1) is 8.29. The van der Waals surface area contributed by atoms with E-state index in [1.807, 2.05) is 0 Å². The minimum Gasteiger partial charge on any atom is -0.394 e. The van der Waals surface area contributed by atoms with Crippen LogP contribution in [-0.2, 0) is 13.1 Å². The maximum atomic E-state index is 9.63. The fraction of sp³-hybridized carbons (Fsp3) is 0.714. The van der Waals surface area contributed by atoms with Crippen LogP contribution in [0.15, 0.2) is 18.3 Å². The molecule has 0 bridgehead atoms. The second kappa shape index (κ2) is 5.69. The minimum atomic E-state index is -0.0267. The van der Waals surface area contributed by atoms with Crippen LogP contribution in [0.25, 0.3) is 0 Å². The smallest absolute Gasteiger partial charge is 0.0613 e. The molecule has 0 radical (unpaired) electrons. The monoisotopic (exact) mass is 236 g/mol. The van der Waals surface area contributed by atoms with E-state index < -0.39 is 0 Å². The first kappa shape index (κ1) is 12.7. The van der Waals surface area contributed by atoms with Gasteiger partial charge in [0.05, 0.1) is 6.61 Å². The number of aryl methyl sites for hydroxylation is 1. The normalized spacial score (nSPS) is 19.4. The number of aliphatic hydroxyl groups is 1. The van der Waals surface area contributed by atoms with E-state index in [1.165, 1.54) is 25.0 Å². The summed E-state index contributed by atoms with van der Waals surface area (Å²) in [6, 6.07) is 4.25. The first-order valence-electron chi connectivity index (χ1n) is 6.79. The highest BCUT2D eigenvalue weighted by Gasteiger charge is 2.30. The Bertz CT molecular complexity index is 340. The van der Waals surface area contributed by atoms with Gasteiger partial charge in [0, 0.05) is 30.5 Å². The lowest BCUT2D eigenvalue weighted by atomic mass is 9.82. The lowest BCUT2D eigenvalue weighted by molar-refractivity contribution is 0.119. The molecule has 1 heterocycles. The van der Waals surface area contributed by atoms with E-state index in [0.717, 1.165) is 25.9 Å². The Morgan fingerprint density at radius 2 is 2.12 bits per heavy atom. The topological polar surface area (TPSA) is 37.2 Å². The van der Waals surface area contributed by atoms with Crippen LogP contribution in [0.4, 0.5) is 0 Å². The molecule has 1 fully saturated rings. The molecular formula is C14H24N2O. The van der Waals surface area contributed by atoms with Gasteiger partial charge in [0.2, 0.25) is 0 Å². The van der Waals surface area contributed by atoms with Crippen LogP contribution in [0.3, 0.4) is 0 Å². The predicted octanol–water partition coefficient (Wildman–Crippen LogP) is 2.29. The van der Waals surface area contributed by atoms with Gasteiger partial charge in [-0.25, -0.2) is 0 Å². The third kappa shape index (κ3) is 2.90. The summed E-state index contributed by atoms with van der Waals surface area (Å²) in [5.74, 6) is 0. The van der Waals surface area contributed by atoms with Crippen LogP contribution in [0.5, 0.6) is 0 Å². The highest BCUT2D eigenvalue weighted by Crippen LogP contribution is 2.28. The molecule has 0 amide bonds. The van der Waals surface area contributed by atoms with Crippen molar-refractivity contribution in [2.45, 2.75) is 57.7 Å². The van der Waals surface area contributed by atoms with E-state index in [4.69, 9.17) is 0 Å². The molecule has 0 atom stereocenters. The van der Waals surface area contributed by atoms with Crippen molar-refractivity contribution in [1.82, 2.24) is 9.88 Å². The molecule has 1 saturated carbocycles. The van der Waals surface area contributed by atoms with Crippen LogP contribution < -0.4 is 5.32 Å². The molecular weight excluding hydrogens is 212 g/mol. The number of rotatable bonds is 5. The van der Waals surface area contributed by atoms with Gasteiger partial charge >= 0.3 is 0 Å². The Kier molecular flexibility index (Phi) is 4.24. The summed E-state index contributed by atoms with van der Waals surface area (Å²) in [5.41, 5.74) is 1.28. The van der Waals surface area contributed by atoms with Crippen LogP contribution >= 0.6 is 0 Å². The van der Waals surface area contributed by atoms with Crippen molar-refractivity contribution in [3.63, 3.8) is 0 Å². The molecule has 0 spiro atoms. The van der Waals surface area contributed by atoms with Crippen molar-refractivity contribution in [2.75, 3.05) is 6.61 Å². The summed E-state index contributed by atoms with van der Waals surface area (Å²) in [6.45, 7) is 4.29. The van der Waals surface area contributed by atoms with Crippen molar-refractivity contribution in [1.29, 1.82) is 0 Å². The van der Waals surface area contributed by atoms with E-state index in [9.17, 15) is 5.11 Å². The number of nitrogens with zero attached hydrogens (tertiary/aromatic N) is 1. The maximum absolute atomic E-state index is 9.63. The maximum Gasteiger partial charge on any atom is 0.0613 e. The van der Waals surface area contributed by atoms with Crippen molar-refractivity contribution in [3.05, 3.63) is 24.0 Å². The largest absolute Gasteiger partial charge is 0.394 e. The quantitative estimate of drug-likeness (QED) is 0.823. The highest BCUT2D eigenvalue weighted by molar-refractivity contribution is 5.08. The molecule has 3 nitrogen and oxygen atoms in total. The SMILES string of the molecule is CCn1cccc1CNC1(CO)CCCCC1. The Morgan fingerprint density at radius 3 is 2.76 bits per heavy atom. The molecule has 2 N–H and O–H groups in total. The van der Waals surface area contributed by atoms with Gasteiger partial charge in [0.1, 0.15) is 0 Å². The number of aromatic nitrogens is 1. The molecule has 2 rings (SSSR count).